The first-order chi connectivity index (χ1) is 12.1. The molecule has 1 atom stereocenters. The molecule has 2 saturated heterocycles. The first kappa shape index (κ1) is 17.3. The number of carboxylic acids is 1. The summed E-state index contributed by atoms with van der Waals surface area (Å²) >= 11 is 0. The van der Waals surface area contributed by atoms with Crippen LogP contribution in [0.2, 0.25) is 0 Å². The molecule has 7 heteroatoms. The van der Waals surface area contributed by atoms with Gasteiger partial charge in [-0.05, 0) is 43.4 Å². The monoisotopic (exact) mass is 346 g/mol. The molecule has 0 aliphatic carbocycles. The first-order valence-electron chi connectivity index (χ1n) is 8.60. The highest BCUT2D eigenvalue weighted by molar-refractivity contribution is 5.94. The van der Waals surface area contributed by atoms with Gasteiger partial charge in [-0.3, -0.25) is 9.69 Å². The van der Waals surface area contributed by atoms with Crippen molar-refractivity contribution in [2.45, 2.75) is 38.3 Å². The van der Waals surface area contributed by atoms with Crippen LogP contribution in [-0.2, 0) is 16.1 Å². The van der Waals surface area contributed by atoms with E-state index in [0.29, 0.717) is 30.5 Å². The van der Waals surface area contributed by atoms with Crippen molar-refractivity contribution in [3.8, 4) is 0 Å². The number of hydrogen-bond donors (Lipinski definition) is 1. The zero-order valence-corrected chi connectivity index (χ0v) is 14.0. The number of hydrogen-bond acceptors (Lipinski definition) is 4. The zero-order valence-electron chi connectivity index (χ0n) is 14.0. The fraction of sp³-hybridized carbons (Fsp3) is 0.500. The number of likely N-dealkylation sites (tertiary alicyclic amines) is 2. The Morgan fingerprint density at radius 3 is 2.60 bits per heavy atom. The van der Waals surface area contributed by atoms with Crippen molar-refractivity contribution in [3.05, 3.63) is 35.4 Å². The average molecular weight is 346 g/mol. The molecule has 0 aromatic heterocycles. The van der Waals surface area contributed by atoms with E-state index in [1.165, 1.54) is 4.90 Å². The van der Waals surface area contributed by atoms with Crippen LogP contribution in [-0.4, -0.2) is 58.6 Å². The first-order valence-corrected chi connectivity index (χ1v) is 8.60. The second kappa shape index (κ2) is 7.55. The fourth-order valence-electron chi connectivity index (χ4n) is 3.37. The minimum atomic E-state index is -1.01. The predicted octanol–water partition coefficient (Wildman–Crippen LogP) is 2.11. The predicted molar refractivity (Wildman–Crippen MR) is 89.1 cm³/mol. The minimum Gasteiger partial charge on any atom is -0.480 e. The summed E-state index contributed by atoms with van der Waals surface area (Å²) in [5.41, 5.74) is 1.30. The van der Waals surface area contributed by atoms with E-state index in [1.54, 1.807) is 24.3 Å². The maximum atomic E-state index is 12.4. The lowest BCUT2D eigenvalue weighted by Gasteiger charge is -2.21. The van der Waals surface area contributed by atoms with Gasteiger partial charge in [0.25, 0.3) is 5.91 Å². The molecule has 2 heterocycles. The van der Waals surface area contributed by atoms with E-state index in [2.05, 4.69) is 0 Å². The molecular weight excluding hydrogens is 324 g/mol. The lowest BCUT2D eigenvalue weighted by atomic mass is 10.1. The van der Waals surface area contributed by atoms with Crippen LogP contribution in [0.25, 0.3) is 0 Å². The molecule has 0 bridgehead atoms. The molecule has 0 spiro atoms. The van der Waals surface area contributed by atoms with Gasteiger partial charge in [-0.1, -0.05) is 12.1 Å². The number of ether oxygens (including phenoxy) is 1. The Kier molecular flexibility index (Phi) is 5.21. The molecule has 1 N–H and O–H groups in total. The Morgan fingerprint density at radius 2 is 1.88 bits per heavy atom. The maximum absolute atomic E-state index is 12.4. The number of aliphatic carboxylic acids is 1. The highest BCUT2D eigenvalue weighted by atomic mass is 16.6. The second-order valence-electron chi connectivity index (χ2n) is 6.44. The Morgan fingerprint density at radius 1 is 1.12 bits per heavy atom. The van der Waals surface area contributed by atoms with Crippen molar-refractivity contribution in [1.29, 1.82) is 0 Å². The smallest absolute Gasteiger partial charge is 0.410 e. The molecular formula is C18H22N2O5. The molecule has 1 unspecified atom stereocenters. The molecule has 2 aliphatic heterocycles. The maximum Gasteiger partial charge on any atom is 0.410 e. The summed E-state index contributed by atoms with van der Waals surface area (Å²) in [5, 5.41) is 9.13. The van der Waals surface area contributed by atoms with Crippen LogP contribution in [0.15, 0.2) is 24.3 Å². The Balaban J connectivity index is 1.59. The zero-order chi connectivity index (χ0) is 17.8. The molecule has 2 aliphatic rings. The van der Waals surface area contributed by atoms with Gasteiger partial charge in [0.1, 0.15) is 12.6 Å². The lowest BCUT2D eigenvalue weighted by molar-refractivity contribution is -0.141. The summed E-state index contributed by atoms with van der Waals surface area (Å²) in [5.74, 6) is -1.01. The Hall–Kier alpha value is -2.57. The van der Waals surface area contributed by atoms with Gasteiger partial charge in [0.15, 0.2) is 0 Å². The molecule has 0 radical (unpaired) electrons. The average Bonchev–Trinajstić information content (AvgIpc) is 3.30. The molecule has 25 heavy (non-hydrogen) atoms. The van der Waals surface area contributed by atoms with Crippen LogP contribution >= 0.6 is 0 Å². The van der Waals surface area contributed by atoms with Gasteiger partial charge in [-0.15, -0.1) is 0 Å². The Bertz CT molecular complexity index is 669. The molecule has 1 aromatic rings. The van der Waals surface area contributed by atoms with Crippen molar-refractivity contribution >= 4 is 18.0 Å². The van der Waals surface area contributed by atoms with Crippen LogP contribution in [0.3, 0.4) is 0 Å². The summed E-state index contributed by atoms with van der Waals surface area (Å²) in [6.45, 7) is 1.97. The van der Waals surface area contributed by atoms with Crippen molar-refractivity contribution in [2.24, 2.45) is 0 Å². The fourth-order valence-corrected chi connectivity index (χ4v) is 3.37. The number of carbonyl (C=O) groups is 3. The summed E-state index contributed by atoms with van der Waals surface area (Å²) in [7, 11) is 0. The molecule has 7 nitrogen and oxygen atoms in total. The third-order valence-electron chi connectivity index (χ3n) is 4.70. The van der Waals surface area contributed by atoms with Gasteiger partial charge in [0, 0.05) is 25.2 Å². The molecule has 134 valence electrons. The van der Waals surface area contributed by atoms with E-state index >= 15 is 0 Å². The third kappa shape index (κ3) is 3.92. The summed E-state index contributed by atoms with van der Waals surface area (Å²) in [6, 6.07) is 6.23. The van der Waals surface area contributed by atoms with E-state index in [1.807, 2.05) is 4.90 Å². The number of amides is 2. The summed E-state index contributed by atoms with van der Waals surface area (Å²) < 4.78 is 5.25. The molecule has 0 saturated carbocycles. The molecule has 2 amide bonds. The second-order valence-corrected chi connectivity index (χ2v) is 6.44. The van der Waals surface area contributed by atoms with Crippen molar-refractivity contribution in [3.63, 3.8) is 0 Å². The van der Waals surface area contributed by atoms with Crippen LogP contribution in [0.5, 0.6) is 0 Å². The topological polar surface area (TPSA) is 87.1 Å². The number of carbonyl (C=O) groups excluding carboxylic acids is 2. The van der Waals surface area contributed by atoms with Crippen LogP contribution < -0.4 is 0 Å². The minimum absolute atomic E-state index is 0.00355. The normalized spacial score (nSPS) is 19.9. The molecule has 1 aromatic carbocycles. The number of carboxylic acid groups (broad SMARTS) is 1. The van der Waals surface area contributed by atoms with Crippen molar-refractivity contribution < 1.29 is 24.2 Å². The van der Waals surface area contributed by atoms with E-state index in [0.717, 1.165) is 25.9 Å². The van der Waals surface area contributed by atoms with Crippen molar-refractivity contribution in [2.75, 3.05) is 19.6 Å². The van der Waals surface area contributed by atoms with Crippen molar-refractivity contribution in [1.82, 2.24) is 9.80 Å². The summed E-state index contributed by atoms with van der Waals surface area (Å²) in [4.78, 5) is 38.8. The van der Waals surface area contributed by atoms with Crippen LogP contribution in [0, 0.1) is 0 Å². The number of nitrogens with zero attached hydrogens (tertiary/aromatic N) is 2. The van der Waals surface area contributed by atoms with E-state index in [4.69, 9.17) is 9.84 Å². The lowest BCUT2D eigenvalue weighted by Crippen LogP contribution is -2.40. The highest BCUT2D eigenvalue weighted by Crippen LogP contribution is 2.19. The van der Waals surface area contributed by atoms with E-state index in [9.17, 15) is 14.4 Å². The Labute approximate surface area is 146 Å². The van der Waals surface area contributed by atoms with Gasteiger partial charge < -0.3 is 14.7 Å². The van der Waals surface area contributed by atoms with Crippen LogP contribution in [0.1, 0.15) is 41.6 Å². The van der Waals surface area contributed by atoms with Gasteiger partial charge in [-0.25, -0.2) is 9.59 Å². The van der Waals surface area contributed by atoms with Gasteiger partial charge >= 0.3 is 12.1 Å². The number of rotatable bonds is 4. The standard InChI is InChI=1S/C18H22N2O5/c21-16(19-8-1-2-9-19)14-6-3-5-13(11-14)12-25-18(24)20-10-4-7-15(20)17(22)23/h3,5-6,11,15H,1-2,4,7-10,12H2,(H,22,23). The van der Waals surface area contributed by atoms with Crippen LogP contribution in [0.4, 0.5) is 4.79 Å². The SMILES string of the molecule is O=C(O)C1CCCN1C(=O)OCc1cccc(C(=O)N2CCCC2)c1. The summed E-state index contributed by atoms with van der Waals surface area (Å²) in [6.07, 6.45) is 2.55. The van der Waals surface area contributed by atoms with E-state index < -0.39 is 18.1 Å². The van der Waals surface area contributed by atoms with Gasteiger partial charge in [0.05, 0.1) is 0 Å². The number of benzene rings is 1. The van der Waals surface area contributed by atoms with Gasteiger partial charge in [0.2, 0.25) is 0 Å². The molecule has 2 fully saturated rings. The molecule has 3 rings (SSSR count). The third-order valence-corrected chi connectivity index (χ3v) is 4.70. The van der Waals surface area contributed by atoms with E-state index in [-0.39, 0.29) is 12.5 Å². The van der Waals surface area contributed by atoms with Gasteiger partial charge in [-0.2, -0.15) is 0 Å². The largest absolute Gasteiger partial charge is 0.480 e. The highest BCUT2D eigenvalue weighted by Gasteiger charge is 2.35. The quantitative estimate of drug-likeness (QED) is 0.902.